The van der Waals surface area contributed by atoms with E-state index in [4.69, 9.17) is 0 Å². The van der Waals surface area contributed by atoms with Crippen molar-refractivity contribution in [2.45, 2.75) is 52.6 Å². The van der Waals surface area contributed by atoms with Crippen LogP contribution in [0, 0.1) is 20.8 Å². The quantitative estimate of drug-likeness (QED) is 0.359. The molecule has 0 fully saturated rings. The second-order valence-corrected chi connectivity index (χ2v) is 12.0. The van der Waals surface area contributed by atoms with Crippen LogP contribution in [-0.4, -0.2) is 51.0 Å². The van der Waals surface area contributed by atoms with Gasteiger partial charge in [-0.3, -0.25) is 13.9 Å². The number of amides is 2. The van der Waals surface area contributed by atoms with Crippen molar-refractivity contribution in [3.8, 4) is 0 Å². The molecule has 39 heavy (non-hydrogen) atoms. The molecular formula is C31H39N3O4S. The van der Waals surface area contributed by atoms with E-state index in [1.807, 2.05) is 93.6 Å². The van der Waals surface area contributed by atoms with Gasteiger partial charge >= 0.3 is 0 Å². The number of hydrogen-bond donors (Lipinski definition) is 1. The van der Waals surface area contributed by atoms with Crippen molar-refractivity contribution in [2.24, 2.45) is 0 Å². The summed E-state index contributed by atoms with van der Waals surface area (Å²) in [6.45, 7) is 6.28. The van der Waals surface area contributed by atoms with Crippen LogP contribution in [0.2, 0.25) is 0 Å². The van der Waals surface area contributed by atoms with E-state index in [1.165, 1.54) is 10.6 Å². The summed E-state index contributed by atoms with van der Waals surface area (Å²) in [7, 11) is -1.98. The standard InChI is InChI=1S/C31H39N3O4S/c1-23-11-9-14-27(18-23)22-33(29(31(36)32-4)21-26-12-7-6-8-13-26)30(35)15-10-16-34(39(5,37)38)28-19-24(2)17-25(3)20-28/h6-9,11-14,17-20,29H,10,15-16,21-22H2,1-5H3,(H,32,36)/t29-/m0/s1. The van der Waals surface area contributed by atoms with Gasteiger partial charge in [-0.15, -0.1) is 0 Å². The highest BCUT2D eigenvalue weighted by Crippen LogP contribution is 2.23. The zero-order valence-electron chi connectivity index (χ0n) is 23.5. The third-order valence-electron chi connectivity index (χ3n) is 6.60. The molecule has 0 aliphatic heterocycles. The average Bonchev–Trinajstić information content (AvgIpc) is 2.87. The molecule has 0 aliphatic carbocycles. The van der Waals surface area contributed by atoms with Gasteiger partial charge < -0.3 is 10.2 Å². The van der Waals surface area contributed by atoms with Crippen molar-refractivity contribution in [1.29, 1.82) is 0 Å². The zero-order valence-corrected chi connectivity index (χ0v) is 24.3. The van der Waals surface area contributed by atoms with Crippen LogP contribution in [0.4, 0.5) is 5.69 Å². The molecule has 3 rings (SSSR count). The Morgan fingerprint density at radius 1 is 0.846 bits per heavy atom. The van der Waals surface area contributed by atoms with E-state index in [1.54, 1.807) is 11.9 Å². The van der Waals surface area contributed by atoms with Crippen LogP contribution >= 0.6 is 0 Å². The summed E-state index contributed by atoms with van der Waals surface area (Å²) in [6.07, 6.45) is 1.97. The van der Waals surface area contributed by atoms with E-state index in [2.05, 4.69) is 5.32 Å². The van der Waals surface area contributed by atoms with Crippen molar-refractivity contribution < 1.29 is 18.0 Å². The Morgan fingerprint density at radius 2 is 1.49 bits per heavy atom. The molecule has 0 aromatic heterocycles. The van der Waals surface area contributed by atoms with E-state index < -0.39 is 16.1 Å². The number of rotatable bonds is 12. The summed E-state index contributed by atoms with van der Waals surface area (Å²) in [5.74, 6) is -0.442. The lowest BCUT2D eigenvalue weighted by atomic mass is 10.0. The molecule has 0 saturated carbocycles. The first kappa shape index (κ1) is 29.9. The first-order valence-corrected chi connectivity index (χ1v) is 15.0. The molecule has 8 heteroatoms. The van der Waals surface area contributed by atoms with Gasteiger partial charge in [-0.25, -0.2) is 8.42 Å². The van der Waals surface area contributed by atoms with Crippen molar-refractivity contribution in [3.63, 3.8) is 0 Å². The fourth-order valence-electron chi connectivity index (χ4n) is 4.83. The lowest BCUT2D eigenvalue weighted by Gasteiger charge is -2.31. The predicted octanol–water partition coefficient (Wildman–Crippen LogP) is 4.54. The van der Waals surface area contributed by atoms with E-state index in [0.717, 1.165) is 27.8 Å². The number of nitrogens with zero attached hydrogens (tertiary/aromatic N) is 2. The molecule has 7 nitrogen and oxygen atoms in total. The smallest absolute Gasteiger partial charge is 0.242 e. The molecule has 0 aliphatic rings. The van der Waals surface area contributed by atoms with Gasteiger partial charge in [0.1, 0.15) is 6.04 Å². The molecule has 208 valence electrons. The van der Waals surface area contributed by atoms with Gasteiger partial charge in [-0.1, -0.05) is 66.2 Å². The minimum Gasteiger partial charge on any atom is -0.357 e. The Balaban J connectivity index is 1.86. The lowest BCUT2D eigenvalue weighted by molar-refractivity contribution is -0.141. The minimum atomic E-state index is -3.55. The van der Waals surface area contributed by atoms with Crippen LogP contribution in [0.15, 0.2) is 72.8 Å². The van der Waals surface area contributed by atoms with E-state index in [0.29, 0.717) is 18.5 Å². The third-order valence-corrected chi connectivity index (χ3v) is 7.79. The average molecular weight is 550 g/mol. The van der Waals surface area contributed by atoms with E-state index in [-0.39, 0.29) is 31.3 Å². The Kier molecular flexibility index (Phi) is 10.3. The third kappa shape index (κ3) is 8.68. The van der Waals surface area contributed by atoms with Gasteiger partial charge in [0.05, 0.1) is 11.9 Å². The summed E-state index contributed by atoms with van der Waals surface area (Å²) in [5, 5.41) is 2.72. The molecule has 0 saturated heterocycles. The van der Waals surface area contributed by atoms with Gasteiger partial charge in [-0.05, 0) is 61.6 Å². The SMILES string of the molecule is CNC(=O)[C@H](Cc1ccccc1)N(Cc1cccc(C)c1)C(=O)CCCN(c1cc(C)cc(C)c1)S(C)(=O)=O. The molecule has 0 unspecified atom stereocenters. The Morgan fingerprint density at radius 3 is 2.08 bits per heavy atom. The molecule has 1 atom stereocenters. The summed E-state index contributed by atoms with van der Waals surface area (Å²) in [6, 6.07) is 22.5. The fourth-order valence-corrected chi connectivity index (χ4v) is 5.78. The predicted molar refractivity (Wildman–Crippen MR) is 157 cm³/mol. The second-order valence-electron chi connectivity index (χ2n) is 10.1. The molecular weight excluding hydrogens is 510 g/mol. The topological polar surface area (TPSA) is 86.8 Å². The number of nitrogens with one attached hydrogen (secondary N) is 1. The van der Waals surface area contributed by atoms with E-state index in [9.17, 15) is 18.0 Å². The van der Waals surface area contributed by atoms with Crippen molar-refractivity contribution >= 4 is 27.5 Å². The van der Waals surface area contributed by atoms with Gasteiger partial charge in [0, 0.05) is 33.0 Å². The number of sulfonamides is 1. The molecule has 0 radical (unpaired) electrons. The molecule has 3 aromatic rings. The second kappa shape index (κ2) is 13.4. The van der Waals surface area contributed by atoms with Gasteiger partial charge in [0.15, 0.2) is 0 Å². The fraction of sp³-hybridized carbons (Fsp3) is 0.355. The number of likely N-dealkylation sites (N-methyl/N-ethyl adjacent to an activating group) is 1. The zero-order chi connectivity index (χ0) is 28.6. The number of benzene rings is 3. The van der Waals surface area contributed by atoms with Crippen LogP contribution in [0.1, 0.15) is 40.7 Å². The van der Waals surface area contributed by atoms with Crippen molar-refractivity contribution in [3.05, 3.63) is 101 Å². The van der Waals surface area contributed by atoms with E-state index >= 15 is 0 Å². The maximum Gasteiger partial charge on any atom is 0.242 e. The Labute approximate surface area is 232 Å². The number of aryl methyl sites for hydroxylation is 3. The maximum atomic E-state index is 13.7. The van der Waals surface area contributed by atoms with Crippen LogP contribution < -0.4 is 9.62 Å². The first-order chi connectivity index (χ1) is 18.5. The van der Waals surface area contributed by atoms with Gasteiger partial charge in [0.25, 0.3) is 0 Å². The Hall–Kier alpha value is -3.65. The molecule has 3 aromatic carbocycles. The molecule has 0 bridgehead atoms. The highest BCUT2D eigenvalue weighted by Gasteiger charge is 2.30. The monoisotopic (exact) mass is 549 g/mol. The molecule has 0 heterocycles. The molecule has 0 spiro atoms. The summed E-state index contributed by atoms with van der Waals surface area (Å²) in [5.41, 5.74) is 5.47. The van der Waals surface area contributed by atoms with Crippen molar-refractivity contribution in [1.82, 2.24) is 10.2 Å². The highest BCUT2D eigenvalue weighted by molar-refractivity contribution is 7.92. The van der Waals surface area contributed by atoms with Gasteiger partial charge in [0.2, 0.25) is 21.8 Å². The minimum absolute atomic E-state index is 0.102. The molecule has 1 N–H and O–H groups in total. The number of carbonyl (C=O) groups excluding carboxylic acids is 2. The van der Waals surface area contributed by atoms with Gasteiger partial charge in [-0.2, -0.15) is 0 Å². The largest absolute Gasteiger partial charge is 0.357 e. The first-order valence-electron chi connectivity index (χ1n) is 13.1. The lowest BCUT2D eigenvalue weighted by Crippen LogP contribution is -2.49. The number of hydrogen-bond acceptors (Lipinski definition) is 4. The number of carbonyl (C=O) groups is 2. The maximum absolute atomic E-state index is 13.7. The van der Waals surface area contributed by atoms with Crippen LogP contribution in [0.3, 0.4) is 0 Å². The van der Waals surface area contributed by atoms with Crippen molar-refractivity contribution in [2.75, 3.05) is 24.2 Å². The van der Waals surface area contributed by atoms with Crippen LogP contribution in [-0.2, 0) is 32.6 Å². The highest BCUT2D eigenvalue weighted by atomic mass is 32.2. The van der Waals surface area contributed by atoms with Crippen LogP contribution in [0.5, 0.6) is 0 Å². The summed E-state index contributed by atoms with van der Waals surface area (Å²) < 4.78 is 26.7. The Bertz CT molecular complexity index is 1370. The van der Waals surface area contributed by atoms with Crippen LogP contribution in [0.25, 0.3) is 0 Å². The number of anilines is 1. The molecule has 2 amide bonds. The summed E-state index contributed by atoms with van der Waals surface area (Å²) in [4.78, 5) is 28.5. The summed E-state index contributed by atoms with van der Waals surface area (Å²) >= 11 is 0. The normalized spacial score (nSPS) is 12.0.